The van der Waals surface area contributed by atoms with Crippen LogP contribution >= 0.6 is 11.3 Å². The first-order chi connectivity index (χ1) is 15.9. The minimum Gasteiger partial charge on any atom is -0.446 e. The van der Waals surface area contributed by atoms with Gasteiger partial charge in [0.1, 0.15) is 12.4 Å². The minimum absolute atomic E-state index is 0.148. The molecule has 176 valence electrons. The topological polar surface area (TPSA) is 149 Å². The van der Waals surface area contributed by atoms with Crippen LogP contribution < -0.4 is 15.8 Å². The number of amides is 1. The highest BCUT2D eigenvalue weighted by Gasteiger charge is 2.27. The van der Waals surface area contributed by atoms with Crippen LogP contribution in [0.5, 0.6) is 0 Å². The molecule has 0 bridgehead atoms. The number of hydrogen-bond acceptors (Lipinski definition) is 9. The summed E-state index contributed by atoms with van der Waals surface area (Å²) < 4.78 is 38.8. The fourth-order valence-corrected chi connectivity index (χ4v) is 6.37. The lowest BCUT2D eigenvalue weighted by Crippen LogP contribution is -2.26. The zero-order valence-corrected chi connectivity index (χ0v) is 19.6. The van der Waals surface area contributed by atoms with Gasteiger partial charge in [-0.1, -0.05) is 13.0 Å². The monoisotopic (exact) mass is 491 g/mol. The Morgan fingerprint density at radius 2 is 2.06 bits per heavy atom. The van der Waals surface area contributed by atoms with Crippen LogP contribution in [0.3, 0.4) is 0 Å². The minimum atomic E-state index is -3.75. The van der Waals surface area contributed by atoms with Crippen molar-refractivity contribution in [1.29, 1.82) is 0 Å². The molecule has 4 N–H and O–H groups in total. The second-order valence-corrected chi connectivity index (χ2v) is 10.4. The number of hydrogen-bond donors (Lipinski definition) is 3. The number of primary amides is 1. The molecule has 12 heteroatoms. The number of benzene rings is 1. The van der Waals surface area contributed by atoms with Gasteiger partial charge in [-0.2, -0.15) is 0 Å². The molecule has 1 aliphatic rings. The quantitative estimate of drug-likeness (QED) is 0.428. The SMILES string of the molecule is CCNS(=O)(=O)c1cc(Nc2ncco2)ccc1-c1cnc([C@H]2CC[C@H](OC(N)=O)CC2)s1. The number of ether oxygens (including phenoxy) is 1. The van der Waals surface area contributed by atoms with Crippen LogP contribution in [0, 0.1) is 0 Å². The summed E-state index contributed by atoms with van der Waals surface area (Å²) in [4.78, 5) is 20.5. The van der Waals surface area contributed by atoms with Crippen molar-refractivity contribution < 1.29 is 22.4 Å². The van der Waals surface area contributed by atoms with E-state index in [0.717, 1.165) is 35.6 Å². The van der Waals surface area contributed by atoms with Gasteiger partial charge in [-0.3, -0.25) is 0 Å². The van der Waals surface area contributed by atoms with Crippen molar-refractivity contribution in [1.82, 2.24) is 14.7 Å². The third-order valence-electron chi connectivity index (χ3n) is 5.38. The summed E-state index contributed by atoms with van der Waals surface area (Å²) in [6.45, 7) is 2.00. The zero-order chi connectivity index (χ0) is 23.4. The van der Waals surface area contributed by atoms with Crippen LogP contribution in [-0.2, 0) is 14.8 Å². The maximum atomic E-state index is 13.0. The fourth-order valence-electron chi connectivity index (χ4n) is 3.90. The number of carbonyl (C=O) groups excluding carboxylic acids is 1. The lowest BCUT2D eigenvalue weighted by atomic mass is 9.88. The Balaban J connectivity index is 1.59. The van der Waals surface area contributed by atoms with Crippen LogP contribution in [0.4, 0.5) is 16.5 Å². The Hall–Kier alpha value is -2.96. The first-order valence-electron chi connectivity index (χ1n) is 10.6. The average molecular weight is 492 g/mol. The van der Waals surface area contributed by atoms with Gasteiger partial charge < -0.3 is 20.2 Å². The molecule has 0 aliphatic heterocycles. The summed E-state index contributed by atoms with van der Waals surface area (Å²) in [5.41, 5.74) is 6.23. The Labute approximate surface area is 195 Å². The maximum Gasteiger partial charge on any atom is 0.404 e. The van der Waals surface area contributed by atoms with Gasteiger partial charge in [-0.05, 0) is 37.8 Å². The molecule has 4 rings (SSSR count). The number of thiazole rings is 1. The van der Waals surface area contributed by atoms with E-state index in [9.17, 15) is 13.2 Å². The summed E-state index contributed by atoms with van der Waals surface area (Å²) in [5.74, 6) is 0.233. The lowest BCUT2D eigenvalue weighted by molar-refractivity contribution is 0.0787. The van der Waals surface area contributed by atoms with Crippen LogP contribution in [0.1, 0.15) is 43.5 Å². The van der Waals surface area contributed by atoms with E-state index in [1.165, 1.54) is 23.8 Å². The summed E-state index contributed by atoms with van der Waals surface area (Å²) in [6.07, 6.45) is 6.85. The van der Waals surface area contributed by atoms with Crippen molar-refractivity contribution in [2.45, 2.75) is 49.5 Å². The van der Waals surface area contributed by atoms with E-state index >= 15 is 0 Å². The van der Waals surface area contributed by atoms with E-state index in [2.05, 4.69) is 20.0 Å². The second-order valence-electron chi connectivity index (χ2n) is 7.65. The highest BCUT2D eigenvalue weighted by atomic mass is 32.2. The van der Waals surface area contributed by atoms with Gasteiger partial charge in [0.15, 0.2) is 0 Å². The van der Waals surface area contributed by atoms with E-state index in [4.69, 9.17) is 14.9 Å². The van der Waals surface area contributed by atoms with Crippen molar-refractivity contribution >= 4 is 39.2 Å². The largest absolute Gasteiger partial charge is 0.446 e. The Bertz CT molecular complexity index is 1200. The lowest BCUT2D eigenvalue weighted by Gasteiger charge is -2.26. The Kier molecular flexibility index (Phi) is 6.96. The molecule has 0 spiro atoms. The third kappa shape index (κ3) is 5.52. The highest BCUT2D eigenvalue weighted by Crippen LogP contribution is 2.40. The molecule has 33 heavy (non-hydrogen) atoms. The number of nitrogens with zero attached hydrogens (tertiary/aromatic N) is 2. The van der Waals surface area contributed by atoms with Crippen LogP contribution in [0.15, 0.2) is 46.2 Å². The van der Waals surface area contributed by atoms with Gasteiger partial charge in [0.05, 0.1) is 21.0 Å². The first-order valence-corrected chi connectivity index (χ1v) is 12.9. The average Bonchev–Trinajstić information content (AvgIpc) is 3.46. The molecule has 0 atom stereocenters. The number of rotatable bonds is 8. The summed E-state index contributed by atoms with van der Waals surface area (Å²) >= 11 is 1.48. The molecule has 1 saturated carbocycles. The molecule has 1 fully saturated rings. The number of carbonyl (C=O) groups is 1. The molecule has 0 saturated heterocycles. The molecule has 0 radical (unpaired) electrons. The molecule has 1 aromatic carbocycles. The van der Waals surface area contributed by atoms with Crippen LogP contribution in [0.25, 0.3) is 10.4 Å². The molecule has 1 aliphatic carbocycles. The molecular weight excluding hydrogens is 466 g/mol. The molecule has 2 heterocycles. The van der Waals surface area contributed by atoms with Crippen molar-refractivity contribution in [3.63, 3.8) is 0 Å². The summed E-state index contributed by atoms with van der Waals surface area (Å²) in [6, 6.07) is 5.36. The number of sulfonamides is 1. The van der Waals surface area contributed by atoms with Gasteiger partial charge in [0.25, 0.3) is 6.01 Å². The Morgan fingerprint density at radius 3 is 2.73 bits per heavy atom. The molecule has 0 unspecified atom stereocenters. The second kappa shape index (κ2) is 9.89. The van der Waals surface area contributed by atoms with Gasteiger partial charge in [0.2, 0.25) is 10.0 Å². The zero-order valence-electron chi connectivity index (χ0n) is 18.0. The smallest absolute Gasteiger partial charge is 0.404 e. The number of nitrogens with one attached hydrogen (secondary N) is 2. The predicted octanol–water partition coefficient (Wildman–Crippen LogP) is 3.96. The standard InChI is InChI=1S/C21H25N5O5S2/c1-2-25-33(28,29)18-11-14(26-21-23-9-10-30-21)5-8-16(18)17-12-24-19(32-17)13-3-6-15(7-4-13)31-20(22)27/h5,8-13,15,25H,2-4,6-7H2,1H3,(H2,22,27)(H,23,26)/t13-,15-. The number of anilines is 2. The van der Waals surface area contributed by atoms with Crippen molar-refractivity contribution in [2.75, 3.05) is 11.9 Å². The number of nitrogens with two attached hydrogens (primary N) is 1. The third-order valence-corrected chi connectivity index (χ3v) is 8.16. The number of oxazole rings is 1. The summed E-state index contributed by atoms with van der Waals surface area (Å²) in [5, 5.41) is 3.91. The van der Waals surface area contributed by atoms with Crippen molar-refractivity contribution in [3.05, 3.63) is 41.9 Å². The maximum absolute atomic E-state index is 13.0. The predicted molar refractivity (Wildman–Crippen MR) is 124 cm³/mol. The molecule has 1 amide bonds. The van der Waals surface area contributed by atoms with E-state index in [1.54, 1.807) is 31.3 Å². The van der Waals surface area contributed by atoms with E-state index < -0.39 is 16.1 Å². The van der Waals surface area contributed by atoms with Crippen LogP contribution in [-0.4, -0.2) is 37.1 Å². The first kappa shape index (κ1) is 23.2. The highest BCUT2D eigenvalue weighted by molar-refractivity contribution is 7.89. The van der Waals surface area contributed by atoms with Gasteiger partial charge in [-0.25, -0.2) is 27.9 Å². The fraction of sp³-hybridized carbons (Fsp3) is 0.381. The van der Waals surface area contributed by atoms with E-state index in [1.807, 2.05) is 0 Å². The number of aromatic nitrogens is 2. The molecular formula is C21H25N5O5S2. The van der Waals surface area contributed by atoms with Crippen molar-refractivity contribution in [2.24, 2.45) is 5.73 Å². The van der Waals surface area contributed by atoms with E-state index in [0.29, 0.717) is 11.3 Å². The van der Waals surface area contributed by atoms with Crippen LogP contribution in [0.2, 0.25) is 0 Å². The Morgan fingerprint density at radius 1 is 1.27 bits per heavy atom. The summed E-state index contributed by atoms with van der Waals surface area (Å²) in [7, 11) is -3.75. The normalized spacial score (nSPS) is 18.7. The van der Waals surface area contributed by atoms with Crippen molar-refractivity contribution in [3.8, 4) is 10.4 Å². The molecule has 3 aromatic rings. The van der Waals surface area contributed by atoms with Gasteiger partial charge in [0, 0.05) is 29.9 Å². The molecule has 2 aromatic heterocycles. The van der Waals surface area contributed by atoms with Gasteiger partial charge in [-0.15, -0.1) is 11.3 Å². The molecule has 10 nitrogen and oxygen atoms in total. The van der Waals surface area contributed by atoms with Gasteiger partial charge >= 0.3 is 6.09 Å². The van der Waals surface area contributed by atoms with E-state index in [-0.39, 0.29) is 29.5 Å².